The number of pyridine rings is 1. The minimum absolute atomic E-state index is 0.588. The zero-order valence-corrected chi connectivity index (χ0v) is 11.7. The van der Waals surface area contributed by atoms with Gasteiger partial charge in [0.15, 0.2) is 0 Å². The van der Waals surface area contributed by atoms with Crippen molar-refractivity contribution in [1.82, 2.24) is 4.98 Å². The Balaban J connectivity index is 2.03. The van der Waals surface area contributed by atoms with Crippen molar-refractivity contribution in [2.75, 3.05) is 0 Å². The predicted octanol–water partition coefficient (Wildman–Crippen LogP) is 3.99. The number of para-hydroxylation sites is 1. The highest BCUT2D eigenvalue weighted by molar-refractivity contribution is 7.12. The second-order valence-electron chi connectivity index (χ2n) is 4.75. The molecule has 0 saturated heterocycles. The maximum absolute atomic E-state index is 10.5. The molecule has 0 aliphatic carbocycles. The van der Waals surface area contributed by atoms with Gasteiger partial charge in [0, 0.05) is 26.9 Å². The summed E-state index contributed by atoms with van der Waals surface area (Å²) in [6, 6.07) is 12.0. The normalized spacial score (nSPS) is 12.8. The van der Waals surface area contributed by atoms with Crippen molar-refractivity contribution in [2.24, 2.45) is 0 Å². The van der Waals surface area contributed by atoms with Gasteiger partial charge in [-0.25, -0.2) is 0 Å². The SMILES string of the molecule is Cc1cc(C(O)c2cnc3ccccc3c2)sc1C. The van der Waals surface area contributed by atoms with Gasteiger partial charge in [0.1, 0.15) is 6.10 Å². The van der Waals surface area contributed by atoms with Crippen molar-refractivity contribution in [2.45, 2.75) is 20.0 Å². The third kappa shape index (κ3) is 2.27. The first-order valence-electron chi connectivity index (χ1n) is 6.25. The number of aliphatic hydroxyl groups excluding tert-OH is 1. The second kappa shape index (κ2) is 4.76. The molecule has 0 radical (unpaired) electrons. The summed E-state index contributed by atoms with van der Waals surface area (Å²) in [4.78, 5) is 6.63. The Bertz CT molecular complexity index is 713. The highest BCUT2D eigenvalue weighted by Gasteiger charge is 2.14. The lowest BCUT2D eigenvalue weighted by Gasteiger charge is -2.09. The van der Waals surface area contributed by atoms with Gasteiger partial charge in [-0.05, 0) is 37.6 Å². The van der Waals surface area contributed by atoms with Gasteiger partial charge in [-0.1, -0.05) is 18.2 Å². The lowest BCUT2D eigenvalue weighted by Crippen LogP contribution is -1.98. The Kier molecular flexibility index (Phi) is 3.09. The molecule has 0 amide bonds. The Morgan fingerprint density at radius 3 is 2.68 bits per heavy atom. The van der Waals surface area contributed by atoms with E-state index in [4.69, 9.17) is 0 Å². The number of hydrogen-bond donors (Lipinski definition) is 1. The second-order valence-corrected chi connectivity index (χ2v) is 6.04. The van der Waals surface area contributed by atoms with E-state index >= 15 is 0 Å². The van der Waals surface area contributed by atoms with Crippen LogP contribution in [0.5, 0.6) is 0 Å². The summed E-state index contributed by atoms with van der Waals surface area (Å²) in [5.74, 6) is 0. The summed E-state index contributed by atoms with van der Waals surface area (Å²) in [7, 11) is 0. The number of fused-ring (bicyclic) bond motifs is 1. The Morgan fingerprint density at radius 1 is 1.16 bits per heavy atom. The molecule has 0 fully saturated rings. The number of aromatic nitrogens is 1. The van der Waals surface area contributed by atoms with Gasteiger partial charge in [0.25, 0.3) is 0 Å². The summed E-state index contributed by atoms with van der Waals surface area (Å²) in [5, 5.41) is 11.5. The van der Waals surface area contributed by atoms with Crippen molar-refractivity contribution < 1.29 is 5.11 Å². The molecular weight excluding hydrogens is 254 g/mol. The number of hydrogen-bond acceptors (Lipinski definition) is 3. The lowest BCUT2D eigenvalue weighted by atomic mass is 10.1. The molecule has 1 atom stereocenters. The average Bonchev–Trinajstić information content (AvgIpc) is 2.77. The molecule has 19 heavy (non-hydrogen) atoms. The van der Waals surface area contributed by atoms with E-state index in [0.717, 1.165) is 21.3 Å². The van der Waals surface area contributed by atoms with Gasteiger partial charge in [-0.15, -0.1) is 11.3 Å². The van der Waals surface area contributed by atoms with Gasteiger partial charge in [-0.3, -0.25) is 4.98 Å². The molecule has 2 aromatic heterocycles. The van der Waals surface area contributed by atoms with Crippen LogP contribution in [0.15, 0.2) is 42.6 Å². The summed E-state index contributed by atoms with van der Waals surface area (Å²) in [6.45, 7) is 4.15. The van der Waals surface area contributed by atoms with Crippen molar-refractivity contribution >= 4 is 22.2 Å². The van der Waals surface area contributed by atoms with Gasteiger partial charge >= 0.3 is 0 Å². The van der Waals surface area contributed by atoms with E-state index in [2.05, 4.69) is 24.9 Å². The van der Waals surface area contributed by atoms with Crippen LogP contribution in [0, 0.1) is 13.8 Å². The first-order valence-corrected chi connectivity index (χ1v) is 7.06. The van der Waals surface area contributed by atoms with Crippen LogP contribution in [0.1, 0.15) is 27.0 Å². The molecular formula is C16H15NOS. The molecule has 0 aliphatic rings. The zero-order valence-electron chi connectivity index (χ0n) is 10.9. The third-order valence-electron chi connectivity index (χ3n) is 3.38. The summed E-state index contributed by atoms with van der Waals surface area (Å²) in [5.41, 5.74) is 3.03. The summed E-state index contributed by atoms with van der Waals surface area (Å²) < 4.78 is 0. The first-order chi connectivity index (χ1) is 9.15. The topological polar surface area (TPSA) is 33.1 Å². The van der Waals surface area contributed by atoms with E-state index in [9.17, 15) is 5.11 Å². The van der Waals surface area contributed by atoms with Crippen molar-refractivity contribution in [3.63, 3.8) is 0 Å². The third-order valence-corrected chi connectivity index (χ3v) is 4.59. The molecule has 1 aromatic carbocycles. The number of rotatable bonds is 2. The zero-order chi connectivity index (χ0) is 13.4. The smallest absolute Gasteiger partial charge is 0.115 e. The Morgan fingerprint density at radius 2 is 1.95 bits per heavy atom. The summed E-state index contributed by atoms with van der Waals surface area (Å²) >= 11 is 1.64. The van der Waals surface area contributed by atoms with E-state index in [1.54, 1.807) is 17.5 Å². The van der Waals surface area contributed by atoms with E-state index in [-0.39, 0.29) is 0 Å². The van der Waals surface area contributed by atoms with Crippen molar-refractivity contribution in [1.29, 1.82) is 0 Å². The maximum Gasteiger partial charge on any atom is 0.115 e. The van der Waals surface area contributed by atoms with Crippen LogP contribution in [-0.4, -0.2) is 10.1 Å². The molecule has 3 aromatic rings. The maximum atomic E-state index is 10.5. The molecule has 0 bridgehead atoms. The number of benzene rings is 1. The van der Waals surface area contributed by atoms with Crippen LogP contribution >= 0.6 is 11.3 Å². The van der Waals surface area contributed by atoms with Gasteiger partial charge < -0.3 is 5.11 Å². The highest BCUT2D eigenvalue weighted by Crippen LogP contribution is 2.31. The van der Waals surface area contributed by atoms with Crippen molar-refractivity contribution in [3.05, 3.63) is 63.5 Å². The predicted molar refractivity (Wildman–Crippen MR) is 79.6 cm³/mol. The van der Waals surface area contributed by atoms with Gasteiger partial charge in [0.2, 0.25) is 0 Å². The number of aliphatic hydroxyl groups is 1. The minimum Gasteiger partial charge on any atom is -0.383 e. The van der Waals surface area contributed by atoms with Crippen LogP contribution in [0.2, 0.25) is 0 Å². The van der Waals surface area contributed by atoms with E-state index in [1.165, 1.54) is 10.4 Å². The van der Waals surface area contributed by atoms with Crippen LogP contribution in [-0.2, 0) is 0 Å². The van der Waals surface area contributed by atoms with Crippen LogP contribution in [0.25, 0.3) is 10.9 Å². The largest absolute Gasteiger partial charge is 0.383 e. The fraction of sp³-hybridized carbons (Fsp3) is 0.188. The Labute approximate surface area is 116 Å². The van der Waals surface area contributed by atoms with Crippen LogP contribution < -0.4 is 0 Å². The average molecular weight is 269 g/mol. The molecule has 0 aliphatic heterocycles. The van der Waals surface area contributed by atoms with E-state index < -0.39 is 6.10 Å². The number of aryl methyl sites for hydroxylation is 2. The Hall–Kier alpha value is -1.71. The molecule has 2 heterocycles. The van der Waals surface area contributed by atoms with E-state index in [1.807, 2.05) is 30.3 Å². The highest BCUT2D eigenvalue weighted by atomic mass is 32.1. The molecule has 96 valence electrons. The fourth-order valence-corrected chi connectivity index (χ4v) is 3.20. The molecule has 0 spiro atoms. The molecule has 1 unspecified atom stereocenters. The monoisotopic (exact) mass is 269 g/mol. The van der Waals surface area contributed by atoms with Crippen LogP contribution in [0.4, 0.5) is 0 Å². The molecule has 0 saturated carbocycles. The molecule has 3 heteroatoms. The number of thiophene rings is 1. The van der Waals surface area contributed by atoms with E-state index in [0.29, 0.717) is 0 Å². The van der Waals surface area contributed by atoms with Crippen LogP contribution in [0.3, 0.4) is 0 Å². The fourth-order valence-electron chi connectivity index (χ4n) is 2.14. The van der Waals surface area contributed by atoms with Gasteiger partial charge in [-0.2, -0.15) is 0 Å². The molecule has 1 N–H and O–H groups in total. The quantitative estimate of drug-likeness (QED) is 0.763. The summed E-state index contributed by atoms with van der Waals surface area (Å²) in [6.07, 6.45) is 1.17. The minimum atomic E-state index is -0.588. The first kappa shape index (κ1) is 12.3. The molecule has 2 nitrogen and oxygen atoms in total. The number of nitrogens with zero attached hydrogens (tertiary/aromatic N) is 1. The standard InChI is InChI=1S/C16H15NOS/c1-10-7-15(19-11(10)2)16(18)13-8-12-5-3-4-6-14(12)17-9-13/h3-9,16,18H,1-2H3. The van der Waals surface area contributed by atoms with Gasteiger partial charge in [0.05, 0.1) is 5.52 Å². The molecule has 3 rings (SSSR count). The lowest BCUT2D eigenvalue weighted by molar-refractivity contribution is 0.224. The van der Waals surface area contributed by atoms with Crippen molar-refractivity contribution in [3.8, 4) is 0 Å².